The average molecular weight is 252 g/mol. The van der Waals surface area contributed by atoms with E-state index in [-0.39, 0.29) is 5.91 Å². The largest absolute Gasteiger partial charge is 0.370 e. The van der Waals surface area contributed by atoms with E-state index in [4.69, 9.17) is 5.73 Å². The van der Waals surface area contributed by atoms with Crippen molar-refractivity contribution < 1.29 is 4.79 Å². The van der Waals surface area contributed by atoms with E-state index in [2.05, 4.69) is 23.8 Å². The van der Waals surface area contributed by atoms with E-state index in [1.54, 1.807) is 0 Å². The maximum Gasteiger partial charge on any atom is 0.222 e. The summed E-state index contributed by atoms with van der Waals surface area (Å²) in [6.07, 6.45) is 1.68. The van der Waals surface area contributed by atoms with Gasteiger partial charge in [-0.05, 0) is 19.3 Å². The molecular formula is C13H24N4O. The number of nitrogens with two attached hydrogens (primary N) is 1. The lowest BCUT2D eigenvalue weighted by molar-refractivity contribution is -0.128. The van der Waals surface area contributed by atoms with Crippen molar-refractivity contribution >= 4 is 11.9 Å². The van der Waals surface area contributed by atoms with E-state index in [1.165, 1.54) is 0 Å². The molecule has 1 heterocycles. The first-order valence-electron chi connectivity index (χ1n) is 6.45. The number of carbonyl (C=O) groups is 1. The minimum atomic E-state index is 0.263. The van der Waals surface area contributed by atoms with Crippen molar-refractivity contribution in [3.8, 4) is 0 Å². The predicted molar refractivity (Wildman–Crippen MR) is 74.3 cm³/mol. The fourth-order valence-corrected chi connectivity index (χ4v) is 1.88. The van der Waals surface area contributed by atoms with Gasteiger partial charge in [-0.25, -0.2) is 0 Å². The highest BCUT2D eigenvalue weighted by molar-refractivity contribution is 5.78. The Morgan fingerprint density at radius 1 is 1.67 bits per heavy atom. The lowest BCUT2D eigenvalue weighted by atomic mass is 10.2. The number of rotatable bonds is 6. The van der Waals surface area contributed by atoms with Crippen molar-refractivity contribution in [2.24, 2.45) is 16.6 Å². The van der Waals surface area contributed by atoms with Crippen molar-refractivity contribution in [3.63, 3.8) is 0 Å². The van der Waals surface area contributed by atoms with Crippen LogP contribution < -0.4 is 11.1 Å². The summed E-state index contributed by atoms with van der Waals surface area (Å²) in [7, 11) is 0. The molecule has 1 fully saturated rings. The summed E-state index contributed by atoms with van der Waals surface area (Å²) in [4.78, 5) is 17.7. The van der Waals surface area contributed by atoms with E-state index >= 15 is 0 Å². The standard InChI is InChI=1S/C13H24N4O/c1-10(2)7-15-13(14)16-8-11(3)9-17-6-4-5-12(17)18/h11H,1,4-9H2,2-3H3,(H3,14,15,16)/t11-/m0/s1. The zero-order valence-electron chi connectivity index (χ0n) is 11.4. The van der Waals surface area contributed by atoms with Gasteiger partial charge in [-0.3, -0.25) is 9.79 Å². The topological polar surface area (TPSA) is 70.7 Å². The zero-order valence-corrected chi connectivity index (χ0v) is 11.4. The van der Waals surface area contributed by atoms with Crippen LogP contribution in [0.5, 0.6) is 0 Å². The molecule has 0 bridgehead atoms. The molecule has 1 aliphatic rings. The molecule has 3 N–H and O–H groups in total. The van der Waals surface area contributed by atoms with Crippen LogP contribution in [0.1, 0.15) is 26.7 Å². The Labute approximate surface area is 109 Å². The predicted octanol–water partition coefficient (Wildman–Crippen LogP) is 0.725. The van der Waals surface area contributed by atoms with E-state index < -0.39 is 0 Å². The summed E-state index contributed by atoms with van der Waals surface area (Å²) in [6, 6.07) is 0. The minimum Gasteiger partial charge on any atom is -0.370 e. The molecule has 18 heavy (non-hydrogen) atoms. The minimum absolute atomic E-state index is 0.263. The van der Waals surface area contributed by atoms with Crippen molar-refractivity contribution in [2.75, 3.05) is 26.2 Å². The van der Waals surface area contributed by atoms with Gasteiger partial charge in [0.1, 0.15) is 0 Å². The van der Waals surface area contributed by atoms with Crippen LogP contribution in [0.4, 0.5) is 0 Å². The zero-order chi connectivity index (χ0) is 13.5. The Morgan fingerprint density at radius 2 is 2.39 bits per heavy atom. The Morgan fingerprint density at radius 3 is 2.94 bits per heavy atom. The average Bonchev–Trinajstić information content (AvgIpc) is 2.69. The van der Waals surface area contributed by atoms with Crippen LogP contribution in [0.2, 0.25) is 0 Å². The number of nitrogens with zero attached hydrogens (tertiary/aromatic N) is 2. The highest BCUT2D eigenvalue weighted by Crippen LogP contribution is 2.12. The van der Waals surface area contributed by atoms with Gasteiger partial charge in [-0.2, -0.15) is 0 Å². The van der Waals surface area contributed by atoms with Gasteiger partial charge in [0.15, 0.2) is 5.96 Å². The number of guanidine groups is 1. The van der Waals surface area contributed by atoms with Crippen LogP contribution in [-0.4, -0.2) is 42.9 Å². The van der Waals surface area contributed by atoms with Gasteiger partial charge in [0.05, 0.1) is 0 Å². The summed E-state index contributed by atoms with van der Waals surface area (Å²) < 4.78 is 0. The van der Waals surface area contributed by atoms with Gasteiger partial charge in [0.2, 0.25) is 5.91 Å². The van der Waals surface area contributed by atoms with E-state index in [9.17, 15) is 4.79 Å². The second-order valence-corrected chi connectivity index (χ2v) is 5.09. The normalized spacial score (nSPS) is 18.0. The molecule has 0 aromatic rings. The van der Waals surface area contributed by atoms with Crippen LogP contribution >= 0.6 is 0 Å². The van der Waals surface area contributed by atoms with Crippen LogP contribution in [-0.2, 0) is 4.79 Å². The first-order valence-corrected chi connectivity index (χ1v) is 6.45. The molecule has 1 aliphatic heterocycles. The van der Waals surface area contributed by atoms with Crippen molar-refractivity contribution in [1.29, 1.82) is 0 Å². The number of hydrogen-bond acceptors (Lipinski definition) is 2. The number of likely N-dealkylation sites (tertiary alicyclic amines) is 1. The van der Waals surface area contributed by atoms with Gasteiger partial charge >= 0.3 is 0 Å². The molecule has 5 nitrogen and oxygen atoms in total. The maximum atomic E-state index is 11.5. The molecule has 1 saturated heterocycles. The Kier molecular flexibility index (Phi) is 5.68. The van der Waals surface area contributed by atoms with Gasteiger partial charge in [0.25, 0.3) is 0 Å². The first-order chi connectivity index (χ1) is 8.49. The second-order valence-electron chi connectivity index (χ2n) is 5.09. The molecule has 0 unspecified atom stereocenters. The third-order valence-electron chi connectivity index (χ3n) is 2.85. The highest BCUT2D eigenvalue weighted by Gasteiger charge is 2.21. The third-order valence-corrected chi connectivity index (χ3v) is 2.85. The smallest absolute Gasteiger partial charge is 0.222 e. The van der Waals surface area contributed by atoms with Gasteiger partial charge in [-0.15, -0.1) is 0 Å². The lowest BCUT2D eigenvalue weighted by Gasteiger charge is -2.19. The van der Waals surface area contributed by atoms with Crippen LogP contribution in [0.3, 0.4) is 0 Å². The van der Waals surface area contributed by atoms with Crippen LogP contribution in [0.25, 0.3) is 0 Å². The summed E-state index contributed by atoms with van der Waals surface area (Å²) in [5, 5.41) is 2.99. The number of carbonyl (C=O) groups excluding carboxylic acids is 1. The lowest BCUT2D eigenvalue weighted by Crippen LogP contribution is -2.34. The Balaban J connectivity index is 2.26. The SMILES string of the molecule is C=C(C)CNC(N)=NC[C@H](C)CN1CCCC1=O. The van der Waals surface area contributed by atoms with Crippen LogP contribution in [0.15, 0.2) is 17.1 Å². The molecule has 0 saturated carbocycles. The number of aliphatic imine (C=N–C) groups is 1. The first kappa shape index (κ1) is 14.5. The van der Waals surface area contributed by atoms with E-state index in [0.29, 0.717) is 31.4 Å². The number of nitrogens with one attached hydrogen (secondary N) is 1. The molecule has 0 aromatic heterocycles. The van der Waals surface area contributed by atoms with Gasteiger partial charge in [-0.1, -0.05) is 19.1 Å². The fraction of sp³-hybridized carbons (Fsp3) is 0.692. The van der Waals surface area contributed by atoms with Crippen molar-refractivity contribution in [3.05, 3.63) is 12.2 Å². The Bertz CT molecular complexity index is 338. The molecule has 1 atom stereocenters. The molecule has 0 spiro atoms. The van der Waals surface area contributed by atoms with Crippen LogP contribution in [0, 0.1) is 5.92 Å². The van der Waals surface area contributed by atoms with E-state index in [1.807, 2.05) is 11.8 Å². The number of hydrogen-bond donors (Lipinski definition) is 2. The van der Waals surface area contributed by atoms with E-state index in [0.717, 1.165) is 25.1 Å². The molecule has 1 rings (SSSR count). The fourth-order valence-electron chi connectivity index (χ4n) is 1.88. The molecule has 5 heteroatoms. The highest BCUT2D eigenvalue weighted by atomic mass is 16.2. The molecule has 102 valence electrons. The molecule has 0 aliphatic carbocycles. The van der Waals surface area contributed by atoms with Crippen molar-refractivity contribution in [1.82, 2.24) is 10.2 Å². The molecular weight excluding hydrogens is 228 g/mol. The quantitative estimate of drug-likeness (QED) is 0.416. The maximum absolute atomic E-state index is 11.5. The van der Waals surface area contributed by atoms with Crippen molar-refractivity contribution in [2.45, 2.75) is 26.7 Å². The Hall–Kier alpha value is -1.52. The van der Waals surface area contributed by atoms with Gasteiger partial charge < -0.3 is 16.0 Å². The molecule has 0 radical (unpaired) electrons. The summed E-state index contributed by atoms with van der Waals surface area (Å²) in [6.45, 7) is 10.7. The monoisotopic (exact) mass is 252 g/mol. The second kappa shape index (κ2) is 7.03. The number of amides is 1. The molecule has 0 aromatic carbocycles. The third kappa shape index (κ3) is 5.21. The van der Waals surface area contributed by atoms with Gasteiger partial charge in [0, 0.05) is 32.6 Å². The molecule has 1 amide bonds. The summed E-state index contributed by atoms with van der Waals surface area (Å²) in [5.74, 6) is 1.04. The summed E-state index contributed by atoms with van der Waals surface area (Å²) in [5.41, 5.74) is 6.74. The summed E-state index contributed by atoms with van der Waals surface area (Å²) >= 11 is 0.